The Morgan fingerprint density at radius 3 is 2.35 bits per heavy atom. The topological polar surface area (TPSA) is 166 Å². The van der Waals surface area contributed by atoms with Gasteiger partial charge in [-0.15, -0.1) is 34.7 Å². The van der Waals surface area contributed by atoms with Gasteiger partial charge in [0.15, 0.2) is 16.9 Å². The first-order chi connectivity index (χ1) is 23.5. The molecule has 0 aliphatic carbocycles. The van der Waals surface area contributed by atoms with Crippen molar-refractivity contribution in [3.05, 3.63) is 94.1 Å². The summed E-state index contributed by atoms with van der Waals surface area (Å²) in [7, 11) is 0. The van der Waals surface area contributed by atoms with E-state index in [1.807, 2.05) is 60.7 Å². The van der Waals surface area contributed by atoms with Crippen LogP contribution in [0, 0.1) is 0 Å². The molecule has 1 aromatic heterocycles. The summed E-state index contributed by atoms with van der Waals surface area (Å²) < 4.78 is 11.3. The third-order valence-corrected chi connectivity index (χ3v) is 9.46. The third kappa shape index (κ3) is 8.47. The summed E-state index contributed by atoms with van der Waals surface area (Å²) in [6, 6.07) is 17.4. The fourth-order valence-corrected chi connectivity index (χ4v) is 7.29. The number of amides is 3. The molecule has 49 heavy (non-hydrogen) atoms. The molecule has 0 saturated carbocycles. The molecule has 13 nitrogen and oxygen atoms in total. The summed E-state index contributed by atoms with van der Waals surface area (Å²) in [6.07, 6.45) is -0.330. The van der Waals surface area contributed by atoms with E-state index in [1.54, 1.807) is 20.8 Å². The van der Waals surface area contributed by atoms with E-state index in [-0.39, 0.29) is 28.1 Å². The zero-order chi connectivity index (χ0) is 35.1. The van der Waals surface area contributed by atoms with Gasteiger partial charge in [-0.05, 0) is 37.5 Å². The van der Waals surface area contributed by atoms with E-state index in [2.05, 4.69) is 20.8 Å². The van der Waals surface area contributed by atoms with Crippen LogP contribution in [0.15, 0.2) is 82.5 Å². The van der Waals surface area contributed by atoms with Gasteiger partial charge in [0, 0.05) is 17.0 Å². The molecule has 3 amide bonds. The van der Waals surface area contributed by atoms with E-state index >= 15 is 0 Å². The summed E-state index contributed by atoms with van der Waals surface area (Å²) in [4.78, 5) is 74.7. The largest absolute Gasteiger partial charge is 0.457 e. The maximum Gasteiger partial charge on any atom is 0.356 e. The van der Waals surface area contributed by atoms with Crippen LogP contribution in [0.5, 0.6) is 0 Å². The van der Waals surface area contributed by atoms with Crippen LogP contribution >= 0.6 is 34.7 Å². The summed E-state index contributed by atoms with van der Waals surface area (Å²) in [5, 5.41) is 9.85. The zero-order valence-corrected chi connectivity index (χ0v) is 29.0. The van der Waals surface area contributed by atoms with Crippen molar-refractivity contribution in [2.75, 3.05) is 23.6 Å². The maximum atomic E-state index is 13.9. The Balaban J connectivity index is 1.34. The Labute approximate surface area is 295 Å². The number of thiazole rings is 1. The van der Waals surface area contributed by atoms with Crippen molar-refractivity contribution in [3.8, 4) is 0 Å². The standard InChI is InChI=1S/C33H32ClN5O8S2/c1-33(2,3)47-23(41)15-45-38-24(22-17-49-32(36-22)35-18-40)28(42)37-25-29(43)39-26(21(14-34)16-48-30(25)39)31(44)46-27(19-10-6-4-7-11-19)20-12-8-5-9-13-20/h4-13,17-18,25,27,30H,14-16H2,1-3H3,(H,37,42)(H,35,36,40)/b38-24-/t25-,30-/m1/s1. The van der Waals surface area contributed by atoms with Gasteiger partial charge in [-0.25, -0.2) is 14.6 Å². The van der Waals surface area contributed by atoms with Gasteiger partial charge in [0.05, 0.1) is 0 Å². The Morgan fingerprint density at radius 1 is 1.10 bits per heavy atom. The van der Waals surface area contributed by atoms with Crippen molar-refractivity contribution in [3.63, 3.8) is 0 Å². The predicted molar refractivity (Wildman–Crippen MR) is 184 cm³/mol. The van der Waals surface area contributed by atoms with Crippen LogP contribution in [0.3, 0.4) is 0 Å². The first-order valence-corrected chi connectivity index (χ1v) is 17.4. The molecule has 2 N–H and O–H groups in total. The average molecular weight is 726 g/mol. The van der Waals surface area contributed by atoms with Crippen LogP contribution < -0.4 is 10.6 Å². The number of aromatic nitrogens is 1. The number of carbonyl (C=O) groups excluding carboxylic acids is 5. The molecule has 2 aliphatic rings. The van der Waals surface area contributed by atoms with Crippen molar-refractivity contribution < 1.29 is 38.3 Å². The molecule has 0 radical (unpaired) electrons. The van der Waals surface area contributed by atoms with Crippen LogP contribution in [0.1, 0.15) is 43.7 Å². The molecule has 2 atom stereocenters. The number of nitrogens with zero attached hydrogens (tertiary/aromatic N) is 3. The fraction of sp³-hybridized carbons (Fsp3) is 0.303. The number of fused-ring (bicyclic) bond motifs is 1. The number of hydrogen-bond donors (Lipinski definition) is 2. The Kier molecular flexibility index (Phi) is 11.4. The van der Waals surface area contributed by atoms with Gasteiger partial charge in [-0.2, -0.15) is 0 Å². The average Bonchev–Trinajstić information content (AvgIpc) is 3.55. The second-order valence-electron chi connectivity index (χ2n) is 11.7. The number of carbonyl (C=O) groups is 5. The molecular formula is C33H32ClN5O8S2. The van der Waals surface area contributed by atoms with Gasteiger partial charge >= 0.3 is 11.9 Å². The quantitative estimate of drug-likeness (QED) is 0.0657. The summed E-state index contributed by atoms with van der Waals surface area (Å²) in [5.74, 6) is -2.56. The minimum absolute atomic E-state index is 0.0148. The molecule has 0 unspecified atom stereocenters. The van der Waals surface area contributed by atoms with Crippen LogP contribution in [-0.4, -0.2) is 81.0 Å². The van der Waals surface area contributed by atoms with Gasteiger partial charge < -0.3 is 24.9 Å². The highest BCUT2D eigenvalue weighted by Crippen LogP contribution is 2.42. The van der Waals surface area contributed by atoms with Gasteiger partial charge in [0.25, 0.3) is 11.8 Å². The lowest BCUT2D eigenvalue weighted by atomic mass is 10.0. The van der Waals surface area contributed by atoms with Crippen LogP contribution in [0.2, 0.25) is 0 Å². The molecule has 16 heteroatoms. The Morgan fingerprint density at radius 2 is 1.76 bits per heavy atom. The molecule has 3 heterocycles. The van der Waals surface area contributed by atoms with Crippen molar-refractivity contribution >= 4 is 75.7 Å². The van der Waals surface area contributed by atoms with E-state index in [9.17, 15) is 24.0 Å². The van der Waals surface area contributed by atoms with Gasteiger partial charge in [-0.1, -0.05) is 65.8 Å². The lowest BCUT2D eigenvalue weighted by Crippen LogP contribution is -2.71. The normalized spacial score (nSPS) is 17.5. The van der Waals surface area contributed by atoms with E-state index in [1.165, 1.54) is 22.0 Å². The lowest BCUT2D eigenvalue weighted by Gasteiger charge is -2.49. The number of alkyl halides is 1. The highest BCUT2D eigenvalue weighted by atomic mass is 35.5. The first kappa shape index (κ1) is 35.6. The number of oxime groups is 1. The van der Waals surface area contributed by atoms with Crippen LogP contribution in [-0.2, 0) is 38.3 Å². The molecule has 0 bridgehead atoms. The molecule has 5 rings (SSSR count). The lowest BCUT2D eigenvalue weighted by molar-refractivity contribution is -0.160. The molecule has 2 aliphatic heterocycles. The van der Waals surface area contributed by atoms with Gasteiger partial charge in [0.1, 0.15) is 28.4 Å². The number of nitrogens with one attached hydrogen (secondary N) is 2. The molecule has 0 spiro atoms. The summed E-state index contributed by atoms with van der Waals surface area (Å²) in [5.41, 5.74) is 0.937. The molecule has 1 saturated heterocycles. The molecular weight excluding hydrogens is 694 g/mol. The van der Waals surface area contributed by atoms with Crippen molar-refractivity contribution in [1.29, 1.82) is 0 Å². The number of thioether (sulfide) groups is 1. The zero-order valence-electron chi connectivity index (χ0n) is 26.6. The predicted octanol–water partition coefficient (Wildman–Crippen LogP) is 4.00. The second-order valence-corrected chi connectivity index (χ2v) is 13.9. The fourth-order valence-electron chi connectivity index (χ4n) is 4.96. The number of esters is 2. The molecule has 2 aromatic carbocycles. The summed E-state index contributed by atoms with van der Waals surface area (Å²) >= 11 is 8.60. The number of hydrogen-bond acceptors (Lipinski definition) is 12. The minimum atomic E-state index is -1.06. The van der Waals surface area contributed by atoms with Crippen molar-refractivity contribution in [2.45, 2.75) is 43.9 Å². The van der Waals surface area contributed by atoms with Crippen LogP contribution in [0.4, 0.5) is 5.13 Å². The number of anilines is 1. The Hall–Kier alpha value is -4.73. The van der Waals surface area contributed by atoms with Crippen molar-refractivity contribution in [1.82, 2.24) is 15.2 Å². The molecule has 3 aromatic rings. The van der Waals surface area contributed by atoms with Crippen molar-refractivity contribution in [2.24, 2.45) is 5.16 Å². The highest BCUT2D eigenvalue weighted by Gasteiger charge is 2.55. The summed E-state index contributed by atoms with van der Waals surface area (Å²) in [6.45, 7) is 4.46. The second kappa shape index (κ2) is 15.7. The van der Waals surface area contributed by atoms with Crippen LogP contribution in [0.25, 0.3) is 0 Å². The highest BCUT2D eigenvalue weighted by molar-refractivity contribution is 8.00. The SMILES string of the molecule is CC(C)(C)OC(=O)CO/N=C(\C(=O)N[C@@H]1C(=O)N2C(C(=O)OC(c3ccccc3)c3ccccc3)=C(CCl)CS[C@H]12)c1csc(NC=O)n1. The number of ether oxygens (including phenoxy) is 2. The number of β-lactam (4-membered cyclic amide) rings is 1. The first-order valence-electron chi connectivity index (χ1n) is 14.9. The van der Waals surface area contributed by atoms with E-state index in [4.69, 9.17) is 25.9 Å². The van der Waals surface area contributed by atoms with E-state index < -0.39 is 53.5 Å². The number of benzene rings is 2. The van der Waals surface area contributed by atoms with E-state index in [0.717, 1.165) is 22.5 Å². The Bertz CT molecular complexity index is 1740. The third-order valence-electron chi connectivity index (χ3n) is 7.02. The maximum absolute atomic E-state index is 13.9. The monoisotopic (exact) mass is 725 g/mol. The van der Waals surface area contributed by atoms with Gasteiger partial charge in [-0.3, -0.25) is 19.3 Å². The number of halogens is 1. The van der Waals surface area contributed by atoms with E-state index in [0.29, 0.717) is 17.7 Å². The smallest absolute Gasteiger partial charge is 0.356 e. The number of rotatable bonds is 13. The minimum Gasteiger partial charge on any atom is -0.457 e. The molecule has 1 fully saturated rings. The molecule has 256 valence electrons. The van der Waals surface area contributed by atoms with Gasteiger partial charge in [0.2, 0.25) is 13.0 Å².